The van der Waals surface area contributed by atoms with E-state index in [1.165, 1.54) is 19.3 Å². The van der Waals surface area contributed by atoms with Crippen molar-refractivity contribution < 1.29 is 4.79 Å². The van der Waals surface area contributed by atoms with Crippen LogP contribution in [-0.2, 0) is 4.79 Å². The molecule has 0 radical (unpaired) electrons. The quantitative estimate of drug-likeness (QED) is 0.906. The van der Waals surface area contributed by atoms with Gasteiger partial charge in [0.1, 0.15) is 0 Å². The zero-order chi connectivity index (χ0) is 13.8. The minimum atomic E-state index is -0.0951. The van der Waals surface area contributed by atoms with Gasteiger partial charge in [0.15, 0.2) is 0 Å². The molecule has 0 bridgehead atoms. The van der Waals surface area contributed by atoms with E-state index in [9.17, 15) is 4.79 Å². The summed E-state index contributed by atoms with van der Waals surface area (Å²) < 4.78 is 0. The Bertz CT molecular complexity index is 430. The second-order valence-electron chi connectivity index (χ2n) is 5.75. The third kappa shape index (κ3) is 3.79. The SMILES string of the molecule is Cc1cc(C(C)C(=O)NC2CCCCC2)cc(C)n1. The molecule has 19 heavy (non-hydrogen) atoms. The van der Waals surface area contributed by atoms with Crippen molar-refractivity contribution in [3.63, 3.8) is 0 Å². The Morgan fingerprint density at radius 3 is 2.37 bits per heavy atom. The summed E-state index contributed by atoms with van der Waals surface area (Å²) in [5, 5.41) is 3.20. The molecule has 2 rings (SSSR count). The Morgan fingerprint density at radius 1 is 1.21 bits per heavy atom. The fraction of sp³-hybridized carbons (Fsp3) is 0.625. The number of nitrogens with zero attached hydrogens (tertiary/aromatic N) is 1. The molecular formula is C16H24N2O. The third-order valence-corrected chi connectivity index (χ3v) is 3.95. The van der Waals surface area contributed by atoms with Gasteiger partial charge in [-0.3, -0.25) is 9.78 Å². The summed E-state index contributed by atoms with van der Waals surface area (Å²) in [5.74, 6) is 0.0548. The van der Waals surface area contributed by atoms with Crippen LogP contribution < -0.4 is 5.32 Å². The molecule has 3 nitrogen and oxygen atoms in total. The second-order valence-corrected chi connectivity index (χ2v) is 5.75. The maximum Gasteiger partial charge on any atom is 0.227 e. The number of amides is 1. The number of aromatic nitrogens is 1. The molecule has 1 aliphatic carbocycles. The Hall–Kier alpha value is -1.38. The predicted molar refractivity (Wildman–Crippen MR) is 77.1 cm³/mol. The number of carbonyl (C=O) groups is 1. The number of carbonyl (C=O) groups excluding carboxylic acids is 1. The molecule has 1 N–H and O–H groups in total. The van der Waals surface area contributed by atoms with Crippen LogP contribution in [-0.4, -0.2) is 16.9 Å². The van der Waals surface area contributed by atoms with Gasteiger partial charge in [-0.25, -0.2) is 0 Å². The van der Waals surface area contributed by atoms with E-state index in [2.05, 4.69) is 10.3 Å². The van der Waals surface area contributed by atoms with Gasteiger partial charge >= 0.3 is 0 Å². The Labute approximate surface area is 115 Å². The highest BCUT2D eigenvalue weighted by Gasteiger charge is 2.21. The van der Waals surface area contributed by atoms with Crippen LogP contribution in [0.5, 0.6) is 0 Å². The van der Waals surface area contributed by atoms with Crippen molar-refractivity contribution >= 4 is 5.91 Å². The van der Waals surface area contributed by atoms with Crippen molar-refractivity contribution in [1.29, 1.82) is 0 Å². The van der Waals surface area contributed by atoms with Crippen LogP contribution in [0.2, 0.25) is 0 Å². The van der Waals surface area contributed by atoms with Gasteiger partial charge in [-0.2, -0.15) is 0 Å². The third-order valence-electron chi connectivity index (χ3n) is 3.95. The Kier molecular flexibility index (Phi) is 4.56. The van der Waals surface area contributed by atoms with Crippen molar-refractivity contribution in [3.05, 3.63) is 29.1 Å². The highest BCUT2D eigenvalue weighted by molar-refractivity contribution is 5.83. The van der Waals surface area contributed by atoms with E-state index < -0.39 is 0 Å². The fourth-order valence-corrected chi connectivity index (χ4v) is 2.84. The van der Waals surface area contributed by atoms with Gasteiger partial charge in [0.05, 0.1) is 5.92 Å². The molecular weight excluding hydrogens is 236 g/mol. The van der Waals surface area contributed by atoms with Gasteiger partial charge in [0.2, 0.25) is 5.91 Å². The van der Waals surface area contributed by atoms with Gasteiger partial charge in [0, 0.05) is 17.4 Å². The molecule has 3 heteroatoms. The van der Waals surface area contributed by atoms with Gasteiger partial charge in [0.25, 0.3) is 0 Å². The Balaban J connectivity index is 2.01. The summed E-state index contributed by atoms with van der Waals surface area (Å²) in [7, 11) is 0. The van der Waals surface area contributed by atoms with Crippen LogP contribution >= 0.6 is 0 Å². The van der Waals surface area contributed by atoms with E-state index in [4.69, 9.17) is 0 Å². The van der Waals surface area contributed by atoms with E-state index in [0.717, 1.165) is 29.8 Å². The monoisotopic (exact) mass is 260 g/mol. The normalized spacial score (nSPS) is 18.1. The molecule has 0 aromatic carbocycles. The molecule has 0 saturated heterocycles. The summed E-state index contributed by atoms with van der Waals surface area (Å²) in [6.45, 7) is 5.93. The molecule has 1 heterocycles. The summed E-state index contributed by atoms with van der Waals surface area (Å²) in [5.41, 5.74) is 3.03. The first-order chi connectivity index (χ1) is 9.06. The number of hydrogen-bond donors (Lipinski definition) is 1. The van der Waals surface area contributed by atoms with Crippen LogP contribution in [0.4, 0.5) is 0 Å². The van der Waals surface area contributed by atoms with Gasteiger partial charge in [-0.1, -0.05) is 19.3 Å². The van der Waals surface area contributed by atoms with Gasteiger partial charge in [-0.05, 0) is 51.3 Å². The topological polar surface area (TPSA) is 42.0 Å². The molecule has 1 aliphatic rings. The molecule has 1 atom stereocenters. The van der Waals surface area contributed by atoms with Crippen LogP contribution in [0.25, 0.3) is 0 Å². The molecule has 1 saturated carbocycles. The first kappa shape index (κ1) is 14.0. The average Bonchev–Trinajstić information content (AvgIpc) is 2.37. The van der Waals surface area contributed by atoms with Gasteiger partial charge in [-0.15, -0.1) is 0 Å². The fourth-order valence-electron chi connectivity index (χ4n) is 2.84. The van der Waals surface area contributed by atoms with E-state index in [1.54, 1.807) is 0 Å². The molecule has 1 aromatic rings. The molecule has 0 spiro atoms. The van der Waals surface area contributed by atoms with Crippen LogP contribution in [0.3, 0.4) is 0 Å². The smallest absolute Gasteiger partial charge is 0.227 e. The molecule has 1 fully saturated rings. The molecule has 1 aromatic heterocycles. The maximum absolute atomic E-state index is 12.3. The van der Waals surface area contributed by atoms with E-state index in [0.29, 0.717) is 6.04 Å². The van der Waals surface area contributed by atoms with Crippen LogP contribution in [0.15, 0.2) is 12.1 Å². The minimum absolute atomic E-state index is 0.0951. The lowest BCUT2D eigenvalue weighted by molar-refractivity contribution is -0.123. The lowest BCUT2D eigenvalue weighted by Crippen LogP contribution is -2.38. The summed E-state index contributed by atoms with van der Waals surface area (Å²) in [4.78, 5) is 16.7. The number of rotatable bonds is 3. The highest BCUT2D eigenvalue weighted by Crippen LogP contribution is 2.21. The van der Waals surface area contributed by atoms with Gasteiger partial charge < -0.3 is 5.32 Å². The largest absolute Gasteiger partial charge is 0.353 e. The maximum atomic E-state index is 12.3. The van der Waals surface area contributed by atoms with Crippen molar-refractivity contribution in [1.82, 2.24) is 10.3 Å². The number of hydrogen-bond acceptors (Lipinski definition) is 2. The molecule has 1 amide bonds. The molecule has 1 unspecified atom stereocenters. The zero-order valence-corrected chi connectivity index (χ0v) is 12.2. The summed E-state index contributed by atoms with van der Waals surface area (Å²) >= 11 is 0. The summed E-state index contributed by atoms with van der Waals surface area (Å²) in [6, 6.07) is 4.41. The number of nitrogens with one attached hydrogen (secondary N) is 1. The highest BCUT2D eigenvalue weighted by atomic mass is 16.1. The van der Waals surface area contributed by atoms with Crippen molar-refractivity contribution in [2.45, 2.75) is 64.8 Å². The van der Waals surface area contributed by atoms with Crippen LogP contribution in [0.1, 0.15) is 61.9 Å². The Morgan fingerprint density at radius 2 is 1.79 bits per heavy atom. The zero-order valence-electron chi connectivity index (χ0n) is 12.2. The minimum Gasteiger partial charge on any atom is -0.353 e. The first-order valence-corrected chi connectivity index (χ1v) is 7.32. The van der Waals surface area contributed by atoms with E-state index in [1.807, 2.05) is 32.9 Å². The van der Waals surface area contributed by atoms with Crippen LogP contribution in [0, 0.1) is 13.8 Å². The predicted octanol–water partition coefficient (Wildman–Crippen LogP) is 3.25. The standard InChI is InChI=1S/C16H24N2O/c1-11-9-14(10-12(2)17-11)13(3)16(19)18-15-7-5-4-6-8-15/h9-10,13,15H,4-8H2,1-3H3,(H,18,19). The van der Waals surface area contributed by atoms with E-state index >= 15 is 0 Å². The second kappa shape index (κ2) is 6.18. The lowest BCUT2D eigenvalue weighted by atomic mass is 9.94. The lowest BCUT2D eigenvalue weighted by Gasteiger charge is -2.24. The number of pyridine rings is 1. The number of aryl methyl sites for hydroxylation is 2. The van der Waals surface area contributed by atoms with Crippen molar-refractivity contribution in [2.75, 3.05) is 0 Å². The van der Waals surface area contributed by atoms with E-state index in [-0.39, 0.29) is 11.8 Å². The first-order valence-electron chi connectivity index (χ1n) is 7.32. The van der Waals surface area contributed by atoms with Crippen molar-refractivity contribution in [2.24, 2.45) is 0 Å². The van der Waals surface area contributed by atoms with Crippen molar-refractivity contribution in [3.8, 4) is 0 Å². The molecule has 104 valence electrons. The summed E-state index contributed by atoms with van der Waals surface area (Å²) in [6.07, 6.45) is 6.06. The average molecular weight is 260 g/mol. The molecule has 0 aliphatic heterocycles.